The minimum atomic E-state index is -0.414. The van der Waals surface area contributed by atoms with E-state index in [4.69, 9.17) is 4.74 Å². The monoisotopic (exact) mass is 249 g/mol. The number of para-hydroxylation sites is 1. The second-order valence-corrected chi connectivity index (χ2v) is 4.68. The molecule has 1 fully saturated rings. The van der Waals surface area contributed by atoms with Crippen LogP contribution < -0.4 is 5.32 Å². The molecule has 1 amide bonds. The Morgan fingerprint density at radius 2 is 1.94 bits per heavy atom. The molecule has 18 heavy (non-hydrogen) atoms. The summed E-state index contributed by atoms with van der Waals surface area (Å²) in [5.41, 5.74) is 0.733. The van der Waals surface area contributed by atoms with Crippen molar-refractivity contribution in [2.24, 2.45) is 0 Å². The first-order valence-electron chi connectivity index (χ1n) is 6.45. The summed E-state index contributed by atoms with van der Waals surface area (Å²) >= 11 is 0. The zero-order chi connectivity index (χ0) is 12.8. The summed E-state index contributed by atoms with van der Waals surface area (Å²) in [5.74, 6) is 0. The van der Waals surface area contributed by atoms with Crippen molar-refractivity contribution in [1.82, 2.24) is 0 Å². The van der Waals surface area contributed by atoms with E-state index in [1.165, 1.54) is 0 Å². The Balaban J connectivity index is 1.80. The lowest BCUT2D eigenvalue weighted by atomic mass is 10.1. The van der Waals surface area contributed by atoms with Crippen LogP contribution in [0.3, 0.4) is 0 Å². The summed E-state index contributed by atoms with van der Waals surface area (Å²) in [7, 11) is 0. The number of ether oxygens (including phenoxy) is 1. The summed E-state index contributed by atoms with van der Waals surface area (Å²) in [6, 6.07) is 9.24. The highest BCUT2D eigenvalue weighted by molar-refractivity contribution is 5.84. The highest BCUT2D eigenvalue weighted by Gasteiger charge is 2.20. The fraction of sp³-hybridized carbons (Fsp3) is 0.500. The summed E-state index contributed by atoms with van der Waals surface area (Å²) in [6.07, 6.45) is 3.26. The Morgan fingerprint density at radius 3 is 2.72 bits per heavy atom. The third-order valence-corrected chi connectivity index (χ3v) is 3.18. The molecule has 1 aromatic carbocycles. The van der Waals surface area contributed by atoms with E-state index in [1.54, 1.807) is 0 Å². The van der Waals surface area contributed by atoms with E-state index >= 15 is 0 Å². The number of hydrogen-bond donors (Lipinski definition) is 2. The fourth-order valence-electron chi connectivity index (χ4n) is 2.19. The molecule has 0 heterocycles. The number of nitrogens with one attached hydrogen (secondary N) is 1. The molecule has 4 heteroatoms. The highest BCUT2D eigenvalue weighted by Crippen LogP contribution is 2.20. The van der Waals surface area contributed by atoms with Crippen LogP contribution in [0.2, 0.25) is 0 Å². The number of aliphatic hydroxyl groups excluding tert-OH is 1. The van der Waals surface area contributed by atoms with Crippen LogP contribution in [0.4, 0.5) is 10.5 Å². The molecule has 1 aromatic rings. The summed E-state index contributed by atoms with van der Waals surface area (Å²) in [5, 5.41) is 12.2. The molecule has 1 aliphatic rings. The zero-order valence-electron chi connectivity index (χ0n) is 10.3. The van der Waals surface area contributed by atoms with Crippen LogP contribution in [0.5, 0.6) is 0 Å². The van der Waals surface area contributed by atoms with Crippen molar-refractivity contribution in [2.75, 3.05) is 5.32 Å². The first kappa shape index (κ1) is 12.9. The molecule has 0 bridgehead atoms. The van der Waals surface area contributed by atoms with Crippen LogP contribution in [0, 0.1) is 0 Å². The quantitative estimate of drug-likeness (QED) is 0.792. The van der Waals surface area contributed by atoms with Gasteiger partial charge < -0.3 is 9.84 Å². The Labute approximate surface area is 107 Å². The van der Waals surface area contributed by atoms with Gasteiger partial charge in [0.15, 0.2) is 0 Å². The number of carbonyl (C=O) groups excluding carboxylic acids is 1. The van der Waals surface area contributed by atoms with E-state index in [0.29, 0.717) is 6.42 Å². The van der Waals surface area contributed by atoms with Gasteiger partial charge in [0, 0.05) is 5.69 Å². The van der Waals surface area contributed by atoms with Crippen LogP contribution in [0.1, 0.15) is 32.1 Å². The topological polar surface area (TPSA) is 58.6 Å². The van der Waals surface area contributed by atoms with Gasteiger partial charge in [-0.3, -0.25) is 5.32 Å². The van der Waals surface area contributed by atoms with Crippen LogP contribution in [-0.4, -0.2) is 23.4 Å². The van der Waals surface area contributed by atoms with Gasteiger partial charge in [-0.15, -0.1) is 0 Å². The van der Waals surface area contributed by atoms with Crippen molar-refractivity contribution in [3.05, 3.63) is 30.3 Å². The molecule has 0 spiro atoms. The van der Waals surface area contributed by atoms with E-state index in [9.17, 15) is 9.90 Å². The number of hydrogen-bond acceptors (Lipinski definition) is 3. The molecule has 0 radical (unpaired) electrons. The molecular weight excluding hydrogens is 230 g/mol. The highest BCUT2D eigenvalue weighted by atomic mass is 16.6. The molecule has 2 N–H and O–H groups in total. The molecule has 4 nitrogen and oxygen atoms in total. The first-order chi connectivity index (χ1) is 8.74. The van der Waals surface area contributed by atoms with Gasteiger partial charge in [0.2, 0.25) is 0 Å². The minimum absolute atomic E-state index is 0.0779. The van der Waals surface area contributed by atoms with Gasteiger partial charge in [0.05, 0.1) is 6.10 Å². The lowest BCUT2D eigenvalue weighted by Crippen LogP contribution is -2.22. The molecule has 2 atom stereocenters. The fourth-order valence-corrected chi connectivity index (χ4v) is 2.19. The van der Waals surface area contributed by atoms with Crippen molar-refractivity contribution in [3.63, 3.8) is 0 Å². The number of aliphatic hydroxyl groups is 1. The zero-order valence-corrected chi connectivity index (χ0v) is 10.3. The molecule has 1 saturated carbocycles. The summed E-state index contributed by atoms with van der Waals surface area (Å²) < 4.78 is 5.36. The van der Waals surface area contributed by atoms with E-state index in [0.717, 1.165) is 31.4 Å². The number of rotatable bonds is 2. The number of carbonyl (C=O) groups is 1. The second kappa shape index (κ2) is 6.40. The standard InChI is InChI=1S/C14H19NO3/c16-12-7-4-8-13(10-9-12)18-14(17)15-11-5-2-1-3-6-11/h1-3,5-6,12-13,16H,4,7-10H2,(H,15,17)/t12-,13-/m1/s1. The Bertz CT molecular complexity index is 380. The van der Waals surface area contributed by atoms with Gasteiger partial charge in [0.1, 0.15) is 6.10 Å². The minimum Gasteiger partial charge on any atom is -0.446 e. The number of benzene rings is 1. The largest absolute Gasteiger partial charge is 0.446 e. The van der Waals surface area contributed by atoms with Gasteiger partial charge in [-0.05, 0) is 44.2 Å². The second-order valence-electron chi connectivity index (χ2n) is 4.68. The molecule has 1 aliphatic carbocycles. The average molecular weight is 249 g/mol. The van der Waals surface area contributed by atoms with Gasteiger partial charge in [-0.25, -0.2) is 4.79 Å². The smallest absolute Gasteiger partial charge is 0.411 e. The maximum atomic E-state index is 11.7. The molecule has 2 rings (SSSR count). The maximum absolute atomic E-state index is 11.7. The van der Waals surface area contributed by atoms with Gasteiger partial charge in [-0.1, -0.05) is 18.2 Å². The van der Waals surface area contributed by atoms with Gasteiger partial charge >= 0.3 is 6.09 Å². The van der Waals surface area contributed by atoms with Crippen molar-refractivity contribution in [1.29, 1.82) is 0 Å². The third kappa shape index (κ3) is 4.04. The van der Waals surface area contributed by atoms with E-state index < -0.39 is 6.09 Å². The number of amides is 1. The summed E-state index contributed by atoms with van der Waals surface area (Å²) in [6.45, 7) is 0. The van der Waals surface area contributed by atoms with Crippen molar-refractivity contribution < 1.29 is 14.6 Å². The van der Waals surface area contributed by atoms with Crippen molar-refractivity contribution >= 4 is 11.8 Å². The van der Waals surface area contributed by atoms with E-state index in [1.807, 2.05) is 30.3 Å². The lowest BCUT2D eigenvalue weighted by molar-refractivity contribution is 0.0956. The lowest BCUT2D eigenvalue weighted by Gasteiger charge is -2.15. The Hall–Kier alpha value is -1.55. The predicted molar refractivity (Wildman–Crippen MR) is 69.4 cm³/mol. The van der Waals surface area contributed by atoms with Crippen LogP contribution in [-0.2, 0) is 4.74 Å². The van der Waals surface area contributed by atoms with Gasteiger partial charge in [0.25, 0.3) is 0 Å². The van der Waals surface area contributed by atoms with Crippen LogP contribution >= 0.6 is 0 Å². The SMILES string of the molecule is O=C(Nc1ccccc1)O[C@@H]1CCC[C@@H](O)CC1. The molecule has 0 aliphatic heterocycles. The molecule has 98 valence electrons. The van der Waals surface area contributed by atoms with E-state index in [2.05, 4.69) is 5.32 Å². The molecule has 0 saturated heterocycles. The summed E-state index contributed by atoms with van der Waals surface area (Å²) in [4.78, 5) is 11.7. The van der Waals surface area contributed by atoms with Crippen molar-refractivity contribution in [2.45, 2.75) is 44.3 Å². The normalized spacial score (nSPS) is 24.1. The number of anilines is 1. The van der Waals surface area contributed by atoms with Crippen molar-refractivity contribution in [3.8, 4) is 0 Å². The predicted octanol–water partition coefficient (Wildman–Crippen LogP) is 2.93. The Kier molecular flexibility index (Phi) is 4.59. The first-order valence-corrected chi connectivity index (χ1v) is 6.45. The van der Waals surface area contributed by atoms with E-state index in [-0.39, 0.29) is 12.2 Å². The van der Waals surface area contributed by atoms with Crippen LogP contribution in [0.15, 0.2) is 30.3 Å². The Morgan fingerprint density at radius 1 is 1.17 bits per heavy atom. The van der Waals surface area contributed by atoms with Gasteiger partial charge in [-0.2, -0.15) is 0 Å². The molecule has 0 aromatic heterocycles. The average Bonchev–Trinajstić information content (AvgIpc) is 2.56. The molecular formula is C14H19NO3. The third-order valence-electron chi connectivity index (χ3n) is 3.18. The van der Waals surface area contributed by atoms with Crippen LogP contribution in [0.25, 0.3) is 0 Å². The molecule has 0 unspecified atom stereocenters. The maximum Gasteiger partial charge on any atom is 0.411 e.